The molecule has 12 heteroatoms. The van der Waals surface area contributed by atoms with Gasteiger partial charge < -0.3 is 20.8 Å². The number of piperazine rings is 1. The number of aliphatic hydroxyl groups is 2. The van der Waals surface area contributed by atoms with Crippen LogP contribution >= 0.6 is 0 Å². The first-order chi connectivity index (χ1) is 16.1. The lowest BCUT2D eigenvalue weighted by Crippen LogP contribution is -2.61. The molecule has 0 aromatic heterocycles. The topological polar surface area (TPSA) is 180 Å². The maximum absolute atomic E-state index is 12.3. The van der Waals surface area contributed by atoms with Gasteiger partial charge in [-0.2, -0.15) is 0 Å². The zero-order valence-corrected chi connectivity index (χ0v) is 19.7. The van der Waals surface area contributed by atoms with Gasteiger partial charge in [0.2, 0.25) is 11.8 Å². The van der Waals surface area contributed by atoms with Crippen molar-refractivity contribution in [1.29, 1.82) is 0 Å². The molecule has 1 rings (SSSR count). The Balaban J connectivity index is 2.40. The normalized spacial score (nSPS) is 18.9. The zero-order chi connectivity index (χ0) is 25.7. The van der Waals surface area contributed by atoms with Crippen molar-refractivity contribution in [2.75, 3.05) is 26.3 Å². The van der Waals surface area contributed by atoms with Gasteiger partial charge in [0.15, 0.2) is 0 Å². The quantitative estimate of drug-likeness (QED) is 0.110. The molecule has 1 aliphatic heterocycles. The monoisotopic (exact) mass is 484 g/mol. The van der Waals surface area contributed by atoms with Gasteiger partial charge in [0.1, 0.15) is 12.1 Å². The number of hydroxylamine groups is 4. The van der Waals surface area contributed by atoms with Gasteiger partial charge >= 0.3 is 0 Å². The fraction of sp³-hybridized carbons (Fsp3) is 0.636. The molecule has 192 valence electrons. The van der Waals surface area contributed by atoms with E-state index in [0.29, 0.717) is 34.1 Å². The first-order valence-corrected chi connectivity index (χ1v) is 11.3. The van der Waals surface area contributed by atoms with Crippen molar-refractivity contribution in [2.45, 2.75) is 64.5 Å². The number of carbonyl (C=O) groups excluding carboxylic acids is 4. The molecule has 0 bridgehead atoms. The third kappa shape index (κ3) is 10.4. The van der Waals surface area contributed by atoms with Gasteiger partial charge in [0.05, 0.1) is 0 Å². The van der Waals surface area contributed by atoms with E-state index in [9.17, 15) is 29.6 Å². The van der Waals surface area contributed by atoms with E-state index in [1.54, 1.807) is 13.8 Å². The number of nitrogens with zero attached hydrogens (tertiary/aromatic N) is 2. The van der Waals surface area contributed by atoms with Crippen molar-refractivity contribution in [1.82, 2.24) is 20.8 Å². The van der Waals surface area contributed by atoms with Crippen LogP contribution in [0.25, 0.3) is 0 Å². The molecule has 1 fully saturated rings. The van der Waals surface area contributed by atoms with E-state index in [1.165, 1.54) is 12.2 Å². The van der Waals surface area contributed by atoms with E-state index in [1.807, 2.05) is 0 Å². The average molecular weight is 485 g/mol. The van der Waals surface area contributed by atoms with Gasteiger partial charge in [-0.25, -0.2) is 10.1 Å². The van der Waals surface area contributed by atoms with Crippen molar-refractivity contribution < 1.29 is 39.8 Å². The van der Waals surface area contributed by atoms with Gasteiger partial charge in [0.25, 0.3) is 11.8 Å². The molecule has 0 radical (unpaired) electrons. The molecule has 0 aromatic carbocycles. The number of aliphatic hydroxyl groups excluding tert-OH is 2. The Bertz CT molecular complexity index is 719. The molecule has 0 aromatic rings. The highest BCUT2D eigenvalue weighted by molar-refractivity contribution is 5.96. The Morgan fingerprint density at radius 2 is 1.15 bits per heavy atom. The summed E-state index contributed by atoms with van der Waals surface area (Å²) in [4.78, 5) is 48.4. The fourth-order valence-electron chi connectivity index (χ4n) is 3.26. The van der Waals surface area contributed by atoms with Gasteiger partial charge in [-0.1, -0.05) is 11.1 Å². The third-order valence-electron chi connectivity index (χ3n) is 5.25. The summed E-state index contributed by atoms with van der Waals surface area (Å²) in [5.74, 6) is -2.03. The minimum atomic E-state index is -0.797. The summed E-state index contributed by atoms with van der Waals surface area (Å²) in [5, 5.41) is 43.6. The van der Waals surface area contributed by atoms with Crippen LogP contribution in [0.4, 0.5) is 0 Å². The molecule has 0 spiro atoms. The number of carbonyl (C=O) groups is 4. The van der Waals surface area contributed by atoms with E-state index in [2.05, 4.69) is 10.6 Å². The number of rotatable bonds is 14. The van der Waals surface area contributed by atoms with Crippen LogP contribution in [0, 0.1) is 0 Å². The molecular weight excluding hydrogens is 448 g/mol. The average Bonchev–Trinajstić information content (AvgIpc) is 2.76. The lowest BCUT2D eigenvalue weighted by Gasteiger charge is -2.30. The third-order valence-corrected chi connectivity index (χ3v) is 5.25. The van der Waals surface area contributed by atoms with Crippen molar-refractivity contribution in [3.63, 3.8) is 0 Å². The van der Waals surface area contributed by atoms with Crippen LogP contribution in [0.5, 0.6) is 0 Å². The standard InChI is InChI=1S/C22H36N4O8/c1-15(7-11-27)13-19(29)25(33)9-3-5-17-21(31)24-18(22(32)23-17)6-4-10-26(34)20(30)14-16(2)8-12-28/h13-14,17-18,27-28,33-34H,3-12H2,1-2H3,(H,23,32)(H,24,31)/b15-13+,16-14+/t17-,18+. The zero-order valence-electron chi connectivity index (χ0n) is 19.7. The highest BCUT2D eigenvalue weighted by Crippen LogP contribution is 2.10. The van der Waals surface area contributed by atoms with Gasteiger partial charge in [0, 0.05) is 38.5 Å². The highest BCUT2D eigenvalue weighted by atomic mass is 16.5. The predicted molar refractivity (Wildman–Crippen MR) is 120 cm³/mol. The van der Waals surface area contributed by atoms with Crippen LogP contribution in [0.2, 0.25) is 0 Å². The predicted octanol–water partition coefficient (Wildman–Crippen LogP) is -0.377. The SMILES string of the molecule is C/C(=C\C(=O)N(O)CCC[C@@H]1NC(=O)[C@@H](CCCN(O)C(=O)/C=C(\C)CCO)NC1=O)CCO. The van der Waals surface area contributed by atoms with Crippen molar-refractivity contribution in [2.24, 2.45) is 0 Å². The second-order valence-electron chi connectivity index (χ2n) is 8.26. The Hall–Kier alpha value is -2.80. The Morgan fingerprint density at radius 3 is 1.47 bits per heavy atom. The molecule has 1 heterocycles. The van der Waals surface area contributed by atoms with Crippen LogP contribution in [0.3, 0.4) is 0 Å². The second kappa shape index (κ2) is 15.2. The van der Waals surface area contributed by atoms with Crippen LogP contribution in [-0.2, 0) is 19.2 Å². The fourth-order valence-corrected chi connectivity index (χ4v) is 3.26. The summed E-state index contributed by atoms with van der Waals surface area (Å²) >= 11 is 0. The molecule has 0 unspecified atom stereocenters. The highest BCUT2D eigenvalue weighted by Gasteiger charge is 2.33. The van der Waals surface area contributed by atoms with E-state index in [4.69, 9.17) is 10.2 Å². The Morgan fingerprint density at radius 1 is 0.794 bits per heavy atom. The van der Waals surface area contributed by atoms with Gasteiger partial charge in [-0.15, -0.1) is 0 Å². The molecular formula is C22H36N4O8. The summed E-state index contributed by atoms with van der Waals surface area (Å²) in [6, 6.07) is -1.59. The molecule has 1 aliphatic rings. The van der Waals surface area contributed by atoms with Crippen molar-refractivity contribution in [3.8, 4) is 0 Å². The maximum atomic E-state index is 12.3. The minimum absolute atomic E-state index is 0.0304. The van der Waals surface area contributed by atoms with Crippen molar-refractivity contribution >= 4 is 23.6 Å². The molecule has 6 N–H and O–H groups in total. The Labute approximate surface area is 198 Å². The van der Waals surface area contributed by atoms with E-state index < -0.39 is 35.7 Å². The van der Waals surface area contributed by atoms with Gasteiger partial charge in [-0.3, -0.25) is 29.6 Å². The molecule has 0 aliphatic carbocycles. The summed E-state index contributed by atoms with van der Waals surface area (Å²) in [5.41, 5.74) is 1.25. The number of hydrogen-bond acceptors (Lipinski definition) is 8. The maximum Gasteiger partial charge on any atom is 0.269 e. The molecule has 0 saturated carbocycles. The smallest absolute Gasteiger partial charge is 0.269 e. The van der Waals surface area contributed by atoms with Crippen LogP contribution in [0.1, 0.15) is 52.4 Å². The first kappa shape index (κ1) is 29.2. The van der Waals surface area contributed by atoms with Crippen LogP contribution in [-0.4, -0.2) is 92.8 Å². The number of amides is 4. The summed E-state index contributed by atoms with van der Waals surface area (Å²) in [6.45, 7) is 3.06. The molecule has 34 heavy (non-hydrogen) atoms. The summed E-state index contributed by atoms with van der Waals surface area (Å²) in [6.07, 6.45) is 4.06. The summed E-state index contributed by atoms with van der Waals surface area (Å²) in [7, 11) is 0. The minimum Gasteiger partial charge on any atom is -0.396 e. The molecule has 12 nitrogen and oxygen atoms in total. The Kier molecular flexibility index (Phi) is 13.0. The molecule has 4 amide bonds. The van der Waals surface area contributed by atoms with Gasteiger partial charge in [-0.05, 0) is 52.4 Å². The van der Waals surface area contributed by atoms with E-state index in [0.717, 1.165) is 0 Å². The lowest BCUT2D eigenvalue weighted by atomic mass is 10.0. The number of nitrogens with one attached hydrogen (secondary N) is 2. The molecule has 2 atom stereocenters. The van der Waals surface area contributed by atoms with E-state index >= 15 is 0 Å². The molecule has 1 saturated heterocycles. The largest absolute Gasteiger partial charge is 0.396 e. The number of hydrogen-bond donors (Lipinski definition) is 6. The summed E-state index contributed by atoms with van der Waals surface area (Å²) < 4.78 is 0. The van der Waals surface area contributed by atoms with E-state index in [-0.39, 0.29) is 52.0 Å². The van der Waals surface area contributed by atoms with Crippen LogP contribution < -0.4 is 10.6 Å². The lowest BCUT2D eigenvalue weighted by molar-refractivity contribution is -0.160. The first-order valence-electron chi connectivity index (χ1n) is 11.3. The van der Waals surface area contributed by atoms with Crippen LogP contribution in [0.15, 0.2) is 23.3 Å². The van der Waals surface area contributed by atoms with Crippen molar-refractivity contribution in [3.05, 3.63) is 23.3 Å². The second-order valence-corrected chi connectivity index (χ2v) is 8.26.